The van der Waals surface area contributed by atoms with E-state index in [1.165, 1.54) is 217 Å². The summed E-state index contributed by atoms with van der Waals surface area (Å²) in [6, 6.07) is 0. The first-order valence-electron chi connectivity index (χ1n) is 23.5. The summed E-state index contributed by atoms with van der Waals surface area (Å²) in [6.45, 7) is 17.3. The van der Waals surface area contributed by atoms with Gasteiger partial charge in [-0.05, 0) is 70.8 Å². The summed E-state index contributed by atoms with van der Waals surface area (Å²) >= 11 is 0. The van der Waals surface area contributed by atoms with E-state index >= 15 is 0 Å². The zero-order chi connectivity index (χ0) is 37.3. The number of piperazine rings is 1. The first kappa shape index (κ1) is 52.8. The molecule has 0 amide bonds. The molecule has 0 radical (unpaired) electrons. The molecule has 53 heavy (non-hydrogen) atoms. The van der Waals surface area contributed by atoms with Crippen LogP contribution in [0.5, 0.6) is 0 Å². The van der Waals surface area contributed by atoms with E-state index in [0.29, 0.717) is 0 Å². The van der Waals surface area contributed by atoms with Crippen LogP contribution >= 0.6 is 0 Å². The number of allylic oxidation sites excluding steroid dienone is 4. The van der Waals surface area contributed by atoms with Crippen molar-refractivity contribution >= 4 is 0 Å². The standard InChI is InChI=1S/C47H94N3O2.BrH/c1-3-5-7-9-11-13-15-17-19-21-23-25-27-29-31-33-44-51-46-39-49-37-41-50(42-38-49,40-35-36-48)43-47-52-45-34-32-30-28-26-24-22-20-18-16-14-12-10-8-6-4-2;/h17-20H,3-16,21-48H2,1-2H3;1H/q+1;/p-1/b19-17-,20-18-;. The van der Waals surface area contributed by atoms with Gasteiger partial charge in [0.1, 0.15) is 6.54 Å². The van der Waals surface area contributed by atoms with Crippen molar-refractivity contribution in [1.82, 2.24) is 4.90 Å². The number of hydrogen-bond donors (Lipinski definition) is 1. The smallest absolute Gasteiger partial charge is 0.102 e. The Morgan fingerprint density at radius 2 is 0.830 bits per heavy atom. The molecular formula is C47H94BrN3O2. The Morgan fingerprint density at radius 3 is 1.25 bits per heavy atom. The third-order valence-electron chi connectivity index (χ3n) is 11.5. The van der Waals surface area contributed by atoms with Gasteiger partial charge < -0.3 is 36.7 Å². The minimum atomic E-state index is 0. The Labute approximate surface area is 343 Å². The van der Waals surface area contributed by atoms with Crippen LogP contribution in [0.4, 0.5) is 0 Å². The number of ether oxygens (including phenoxy) is 2. The van der Waals surface area contributed by atoms with E-state index in [2.05, 4.69) is 43.1 Å². The third kappa shape index (κ3) is 35.9. The second-order valence-corrected chi connectivity index (χ2v) is 16.3. The molecule has 1 heterocycles. The number of halogens is 1. The largest absolute Gasteiger partial charge is 1.00 e. The van der Waals surface area contributed by atoms with Crippen LogP contribution < -0.4 is 22.7 Å². The molecule has 0 bridgehead atoms. The van der Waals surface area contributed by atoms with Crippen LogP contribution in [0.2, 0.25) is 0 Å². The molecule has 1 saturated heterocycles. The molecule has 5 nitrogen and oxygen atoms in total. The highest BCUT2D eigenvalue weighted by atomic mass is 79.9. The molecule has 1 aliphatic heterocycles. The van der Waals surface area contributed by atoms with E-state index in [1.54, 1.807) is 0 Å². The zero-order valence-corrected chi connectivity index (χ0v) is 37.6. The monoisotopic (exact) mass is 812 g/mol. The van der Waals surface area contributed by atoms with E-state index in [4.69, 9.17) is 15.2 Å². The highest BCUT2D eigenvalue weighted by Gasteiger charge is 2.32. The molecule has 0 unspecified atom stereocenters. The molecule has 1 rings (SSSR count). The molecular weight excluding hydrogens is 718 g/mol. The Bertz CT molecular complexity index is 756. The predicted octanol–water partition coefficient (Wildman–Crippen LogP) is 9.58. The van der Waals surface area contributed by atoms with Crippen LogP contribution in [-0.2, 0) is 9.47 Å². The van der Waals surface area contributed by atoms with Gasteiger partial charge >= 0.3 is 0 Å². The van der Waals surface area contributed by atoms with Gasteiger partial charge in [0.2, 0.25) is 0 Å². The van der Waals surface area contributed by atoms with Crippen LogP contribution in [0.1, 0.15) is 200 Å². The van der Waals surface area contributed by atoms with Crippen LogP contribution in [0.25, 0.3) is 0 Å². The lowest BCUT2D eigenvalue weighted by Gasteiger charge is -2.45. The van der Waals surface area contributed by atoms with Gasteiger partial charge in [-0.3, -0.25) is 4.90 Å². The first-order chi connectivity index (χ1) is 25.8. The van der Waals surface area contributed by atoms with Crippen molar-refractivity contribution < 1.29 is 30.9 Å². The quantitative estimate of drug-likeness (QED) is 0.0380. The summed E-state index contributed by atoms with van der Waals surface area (Å²) in [5, 5.41) is 0. The Morgan fingerprint density at radius 1 is 0.453 bits per heavy atom. The van der Waals surface area contributed by atoms with Crippen LogP contribution in [0.15, 0.2) is 24.3 Å². The molecule has 0 aromatic rings. The lowest BCUT2D eigenvalue weighted by atomic mass is 10.1. The van der Waals surface area contributed by atoms with Crippen molar-refractivity contribution in [2.75, 3.05) is 78.8 Å². The van der Waals surface area contributed by atoms with E-state index in [9.17, 15) is 0 Å². The normalized spacial score (nSPS) is 14.8. The van der Waals surface area contributed by atoms with Gasteiger partial charge in [0.15, 0.2) is 0 Å². The Hall–Kier alpha value is -0.240. The third-order valence-corrected chi connectivity index (χ3v) is 11.5. The van der Waals surface area contributed by atoms with Gasteiger partial charge in [-0.25, -0.2) is 0 Å². The molecule has 0 aromatic heterocycles. The Balaban J connectivity index is 0.0000270. The maximum absolute atomic E-state index is 6.17. The average Bonchev–Trinajstić information content (AvgIpc) is 3.16. The summed E-state index contributed by atoms with van der Waals surface area (Å²) < 4.78 is 13.4. The highest BCUT2D eigenvalue weighted by Crippen LogP contribution is 2.16. The SMILES string of the molecule is CCCCCCCC/C=C\CCCCCCCCOCCN1CC[N+](CCCN)(CCOCCCCCCCC/C=C\CCCCCCCC)CC1.[Br-]. The summed E-state index contributed by atoms with van der Waals surface area (Å²) in [5.74, 6) is 0. The van der Waals surface area contributed by atoms with Gasteiger partial charge in [0, 0.05) is 39.3 Å². The summed E-state index contributed by atoms with van der Waals surface area (Å²) in [7, 11) is 0. The van der Waals surface area contributed by atoms with E-state index in [1.807, 2.05) is 0 Å². The molecule has 0 saturated carbocycles. The number of hydrogen-bond acceptors (Lipinski definition) is 4. The number of quaternary nitrogens is 1. The molecule has 0 aliphatic carbocycles. The molecule has 0 atom stereocenters. The molecule has 1 aliphatic rings. The maximum Gasteiger partial charge on any atom is 0.102 e. The van der Waals surface area contributed by atoms with Crippen molar-refractivity contribution in [3.05, 3.63) is 24.3 Å². The molecule has 0 aromatic carbocycles. The van der Waals surface area contributed by atoms with Gasteiger partial charge in [0.05, 0.1) is 32.8 Å². The fourth-order valence-corrected chi connectivity index (χ4v) is 7.70. The van der Waals surface area contributed by atoms with Gasteiger partial charge in [-0.1, -0.05) is 154 Å². The second kappa shape index (κ2) is 42.9. The van der Waals surface area contributed by atoms with Gasteiger partial charge in [-0.15, -0.1) is 0 Å². The first-order valence-corrected chi connectivity index (χ1v) is 23.5. The van der Waals surface area contributed by atoms with Crippen molar-refractivity contribution in [1.29, 1.82) is 0 Å². The predicted molar refractivity (Wildman–Crippen MR) is 230 cm³/mol. The minimum Gasteiger partial charge on any atom is -1.00 e. The molecule has 0 spiro atoms. The average molecular weight is 813 g/mol. The van der Waals surface area contributed by atoms with Crippen LogP contribution in [0.3, 0.4) is 0 Å². The van der Waals surface area contributed by atoms with Gasteiger partial charge in [-0.2, -0.15) is 0 Å². The number of nitrogens with two attached hydrogens (primary N) is 1. The summed E-state index contributed by atoms with van der Waals surface area (Å²) in [6.07, 6.45) is 48.8. The molecule has 316 valence electrons. The summed E-state index contributed by atoms with van der Waals surface area (Å²) in [4.78, 5) is 2.62. The second-order valence-electron chi connectivity index (χ2n) is 16.3. The molecule has 6 heteroatoms. The number of nitrogens with zero attached hydrogens (tertiary/aromatic N) is 2. The number of unbranched alkanes of at least 4 members (excludes halogenated alkanes) is 24. The Kier molecular flexibility index (Phi) is 42.7. The zero-order valence-electron chi connectivity index (χ0n) is 36.0. The fraction of sp³-hybridized carbons (Fsp3) is 0.915. The lowest BCUT2D eigenvalue weighted by molar-refractivity contribution is -0.932. The topological polar surface area (TPSA) is 47.7 Å². The minimum absolute atomic E-state index is 0. The van der Waals surface area contributed by atoms with E-state index in [-0.39, 0.29) is 17.0 Å². The fourth-order valence-electron chi connectivity index (χ4n) is 7.70. The van der Waals surface area contributed by atoms with E-state index in [0.717, 1.165) is 52.5 Å². The van der Waals surface area contributed by atoms with Crippen LogP contribution in [0, 0.1) is 0 Å². The number of rotatable bonds is 41. The molecule has 1 fully saturated rings. The van der Waals surface area contributed by atoms with Crippen molar-refractivity contribution in [3.63, 3.8) is 0 Å². The van der Waals surface area contributed by atoms with E-state index < -0.39 is 0 Å². The summed E-state index contributed by atoms with van der Waals surface area (Å²) in [5.41, 5.74) is 5.94. The maximum atomic E-state index is 6.17. The van der Waals surface area contributed by atoms with Gasteiger partial charge in [0.25, 0.3) is 0 Å². The van der Waals surface area contributed by atoms with Crippen molar-refractivity contribution in [3.8, 4) is 0 Å². The lowest BCUT2D eigenvalue weighted by Crippen LogP contribution is -3.00. The van der Waals surface area contributed by atoms with Crippen molar-refractivity contribution in [2.24, 2.45) is 5.73 Å². The molecule has 2 N–H and O–H groups in total. The highest BCUT2D eigenvalue weighted by molar-refractivity contribution is 4.82. The van der Waals surface area contributed by atoms with Crippen LogP contribution in [-0.4, -0.2) is 88.2 Å². The van der Waals surface area contributed by atoms with Crippen molar-refractivity contribution in [2.45, 2.75) is 200 Å².